The largest absolute Gasteiger partial charge is 0.493 e. The van der Waals surface area contributed by atoms with Crippen LogP contribution in [0.2, 0.25) is 0 Å². The van der Waals surface area contributed by atoms with Crippen molar-refractivity contribution in [2.75, 3.05) is 51.9 Å². The van der Waals surface area contributed by atoms with Crippen molar-refractivity contribution in [3.63, 3.8) is 0 Å². The summed E-state index contributed by atoms with van der Waals surface area (Å²) in [7, 11) is 3.18. The van der Waals surface area contributed by atoms with Gasteiger partial charge in [-0.05, 0) is 47.5 Å². The van der Waals surface area contributed by atoms with Gasteiger partial charge in [0.25, 0.3) is 5.56 Å². The molecule has 2 aromatic carbocycles. The zero-order valence-electron chi connectivity index (χ0n) is 22.2. The Bertz CT molecular complexity index is 1470. The van der Waals surface area contributed by atoms with Crippen LogP contribution in [0.4, 0.5) is 5.69 Å². The maximum atomic E-state index is 13.6. The van der Waals surface area contributed by atoms with E-state index in [1.165, 1.54) is 5.69 Å². The Morgan fingerprint density at radius 3 is 2.54 bits per heavy atom. The minimum absolute atomic E-state index is 0.0643. The van der Waals surface area contributed by atoms with Crippen molar-refractivity contribution in [3.05, 3.63) is 70.3 Å². The van der Waals surface area contributed by atoms with E-state index in [1.807, 2.05) is 22.9 Å². The second-order valence-corrected chi connectivity index (χ2v) is 9.96. The molecule has 0 spiro atoms. The molecule has 2 atom stereocenters. The van der Waals surface area contributed by atoms with Gasteiger partial charge in [-0.1, -0.05) is 18.2 Å². The summed E-state index contributed by atoms with van der Waals surface area (Å²) in [5.74, 6) is 1.80. The van der Waals surface area contributed by atoms with Gasteiger partial charge >= 0.3 is 0 Å². The molecule has 2 aliphatic heterocycles. The summed E-state index contributed by atoms with van der Waals surface area (Å²) in [6, 6.07) is 15.6. The summed E-state index contributed by atoms with van der Waals surface area (Å²) < 4.78 is 18.6. The smallest absolute Gasteiger partial charge is 0.253 e. The van der Waals surface area contributed by atoms with Gasteiger partial charge < -0.3 is 24.1 Å². The Hall–Kier alpha value is -3.96. The van der Waals surface area contributed by atoms with Crippen LogP contribution in [0, 0.1) is 0 Å². The number of nitrogens with one attached hydrogen (secondary N) is 1. The molecule has 2 aliphatic rings. The van der Waals surface area contributed by atoms with Crippen molar-refractivity contribution in [1.29, 1.82) is 0 Å². The van der Waals surface area contributed by atoms with Gasteiger partial charge in [-0.25, -0.2) is 4.68 Å². The zero-order valence-corrected chi connectivity index (χ0v) is 22.2. The highest BCUT2D eigenvalue weighted by Gasteiger charge is 2.33. The van der Waals surface area contributed by atoms with Gasteiger partial charge in [0.1, 0.15) is 6.04 Å². The second kappa shape index (κ2) is 11.0. The van der Waals surface area contributed by atoms with E-state index >= 15 is 0 Å². The minimum Gasteiger partial charge on any atom is -0.493 e. The molecule has 2 saturated heterocycles. The van der Waals surface area contributed by atoms with E-state index in [2.05, 4.69) is 54.6 Å². The zero-order chi connectivity index (χ0) is 26.8. The molecular formula is C28H33N7O4. The first-order valence-electron chi connectivity index (χ1n) is 13.3. The number of pyridine rings is 1. The van der Waals surface area contributed by atoms with Crippen molar-refractivity contribution in [1.82, 2.24) is 30.1 Å². The second-order valence-electron chi connectivity index (χ2n) is 9.96. The molecule has 1 N–H and O–H groups in total. The number of aromatic amines is 1. The standard InChI is InChI=1S/C28H33N7O4/c1-37-24-16-19-15-22(28(36)29-23(19)17-25(24)38-2)26(27-30-31-32-35(27)18-21-9-6-14-39-21)34-12-10-33(11-13-34)20-7-4-3-5-8-20/h3-5,7-8,15-17,21,26H,6,9-14,18H2,1-2H3,(H,29,36)/t21-,26-/m1/s1. The molecule has 2 fully saturated rings. The number of rotatable bonds is 8. The molecule has 11 heteroatoms. The Morgan fingerprint density at radius 2 is 1.82 bits per heavy atom. The van der Waals surface area contributed by atoms with Gasteiger partial charge in [0.2, 0.25) is 0 Å². The number of benzene rings is 2. The van der Waals surface area contributed by atoms with Crippen LogP contribution in [0.5, 0.6) is 11.5 Å². The van der Waals surface area contributed by atoms with E-state index in [-0.39, 0.29) is 11.7 Å². The molecule has 0 saturated carbocycles. The maximum Gasteiger partial charge on any atom is 0.253 e. The first-order chi connectivity index (χ1) is 19.1. The van der Waals surface area contributed by atoms with Crippen molar-refractivity contribution in [3.8, 4) is 11.5 Å². The van der Waals surface area contributed by atoms with E-state index in [0.717, 1.165) is 51.0 Å². The summed E-state index contributed by atoms with van der Waals surface area (Å²) >= 11 is 0. The van der Waals surface area contributed by atoms with Crippen LogP contribution in [0.3, 0.4) is 0 Å². The lowest BCUT2D eigenvalue weighted by Crippen LogP contribution is -2.49. The monoisotopic (exact) mass is 531 g/mol. The number of H-pyrrole nitrogens is 1. The number of hydrogen-bond donors (Lipinski definition) is 1. The van der Waals surface area contributed by atoms with Crippen LogP contribution in [0.15, 0.2) is 53.3 Å². The molecular weight excluding hydrogens is 498 g/mol. The first kappa shape index (κ1) is 25.3. The number of para-hydroxylation sites is 1. The highest BCUT2D eigenvalue weighted by Crippen LogP contribution is 2.34. The summed E-state index contributed by atoms with van der Waals surface area (Å²) in [4.78, 5) is 21.4. The third kappa shape index (κ3) is 5.07. The molecule has 2 aromatic heterocycles. The van der Waals surface area contributed by atoms with Gasteiger partial charge in [0.05, 0.1) is 32.4 Å². The summed E-state index contributed by atoms with van der Waals surface area (Å²) in [6.07, 6.45) is 2.06. The van der Waals surface area contributed by atoms with E-state index in [9.17, 15) is 4.79 Å². The highest BCUT2D eigenvalue weighted by atomic mass is 16.5. The number of nitrogens with zero attached hydrogens (tertiary/aromatic N) is 6. The fourth-order valence-corrected chi connectivity index (χ4v) is 5.65. The first-order valence-corrected chi connectivity index (χ1v) is 13.3. The summed E-state index contributed by atoms with van der Waals surface area (Å²) in [6.45, 7) is 4.45. The fraction of sp³-hybridized carbons (Fsp3) is 0.429. The quantitative estimate of drug-likeness (QED) is 0.367. The number of aromatic nitrogens is 5. The molecule has 204 valence electrons. The predicted molar refractivity (Wildman–Crippen MR) is 147 cm³/mol. The van der Waals surface area contributed by atoms with Gasteiger partial charge in [0.15, 0.2) is 17.3 Å². The molecule has 4 aromatic rings. The number of fused-ring (bicyclic) bond motifs is 1. The van der Waals surface area contributed by atoms with E-state index in [4.69, 9.17) is 14.2 Å². The van der Waals surface area contributed by atoms with Crippen LogP contribution < -0.4 is 19.9 Å². The Labute approximate surface area is 226 Å². The van der Waals surface area contributed by atoms with Gasteiger partial charge in [-0.15, -0.1) is 5.10 Å². The van der Waals surface area contributed by atoms with Crippen molar-refractivity contribution < 1.29 is 14.2 Å². The lowest BCUT2D eigenvalue weighted by Gasteiger charge is -2.39. The Kier molecular flexibility index (Phi) is 7.16. The molecule has 39 heavy (non-hydrogen) atoms. The third-order valence-corrected chi connectivity index (χ3v) is 7.68. The average molecular weight is 532 g/mol. The SMILES string of the molecule is COc1cc2cc([C@H](c3nnnn3C[C@H]3CCCO3)N3CCN(c4ccccc4)CC3)c(=O)[nH]c2cc1OC. The molecule has 0 aliphatic carbocycles. The fourth-order valence-electron chi connectivity index (χ4n) is 5.65. The molecule has 0 bridgehead atoms. The molecule has 0 unspecified atom stereocenters. The Morgan fingerprint density at radius 1 is 1.05 bits per heavy atom. The van der Waals surface area contributed by atoms with Crippen LogP contribution >= 0.6 is 0 Å². The minimum atomic E-state index is -0.430. The van der Waals surface area contributed by atoms with Crippen LogP contribution in [-0.2, 0) is 11.3 Å². The number of hydrogen-bond acceptors (Lipinski definition) is 9. The average Bonchev–Trinajstić information content (AvgIpc) is 3.66. The van der Waals surface area contributed by atoms with Gasteiger partial charge in [-0.2, -0.15) is 0 Å². The number of ether oxygens (including phenoxy) is 3. The number of tetrazole rings is 1. The summed E-state index contributed by atoms with van der Waals surface area (Å²) in [5.41, 5.74) is 2.28. The van der Waals surface area contributed by atoms with Crippen LogP contribution in [-0.4, -0.2) is 83.2 Å². The lowest BCUT2D eigenvalue weighted by molar-refractivity contribution is 0.0906. The lowest BCUT2D eigenvalue weighted by atomic mass is 10.0. The number of anilines is 1. The highest BCUT2D eigenvalue weighted by molar-refractivity contribution is 5.83. The normalized spacial score (nSPS) is 18.9. The molecule has 0 radical (unpaired) electrons. The Balaban J connectivity index is 1.39. The maximum absolute atomic E-state index is 13.6. The van der Waals surface area contributed by atoms with Crippen LogP contribution in [0.1, 0.15) is 30.3 Å². The summed E-state index contributed by atoms with van der Waals surface area (Å²) in [5, 5.41) is 13.7. The molecule has 11 nitrogen and oxygen atoms in total. The number of piperazine rings is 1. The van der Waals surface area contributed by atoms with E-state index in [0.29, 0.717) is 34.9 Å². The molecule has 4 heterocycles. The van der Waals surface area contributed by atoms with Crippen LogP contribution in [0.25, 0.3) is 10.9 Å². The van der Waals surface area contributed by atoms with E-state index < -0.39 is 6.04 Å². The predicted octanol–water partition coefficient (Wildman–Crippen LogP) is 2.62. The van der Waals surface area contributed by atoms with Crippen molar-refractivity contribution >= 4 is 16.6 Å². The van der Waals surface area contributed by atoms with Gasteiger partial charge in [0, 0.05) is 55.5 Å². The molecule has 0 amide bonds. The van der Waals surface area contributed by atoms with E-state index in [1.54, 1.807) is 20.3 Å². The topological polar surface area (TPSA) is 111 Å². The van der Waals surface area contributed by atoms with Crippen molar-refractivity contribution in [2.45, 2.75) is 31.5 Å². The van der Waals surface area contributed by atoms with Crippen molar-refractivity contribution in [2.24, 2.45) is 0 Å². The third-order valence-electron chi connectivity index (χ3n) is 7.68. The molecule has 6 rings (SSSR count). The number of methoxy groups -OCH3 is 2. The van der Waals surface area contributed by atoms with Gasteiger partial charge in [-0.3, -0.25) is 9.69 Å².